The summed E-state index contributed by atoms with van der Waals surface area (Å²) in [6.07, 6.45) is -2.00. The number of rotatable bonds is 11. The average Bonchev–Trinajstić information content (AvgIpc) is 3.70. The minimum absolute atomic E-state index is 0.0711. The molecule has 2 aliphatic rings. The molecule has 11 nitrogen and oxygen atoms in total. The van der Waals surface area contributed by atoms with Gasteiger partial charge in [0.05, 0.1) is 33.4 Å². The van der Waals surface area contributed by atoms with Crippen LogP contribution >= 0.6 is 11.3 Å². The molecule has 0 bridgehead atoms. The molecule has 1 aromatic carbocycles. The van der Waals surface area contributed by atoms with Crippen LogP contribution in [0, 0.1) is 12.8 Å². The van der Waals surface area contributed by atoms with Crippen molar-refractivity contribution in [1.82, 2.24) is 19.9 Å². The largest absolute Gasteiger partial charge is 0.573 e. The van der Waals surface area contributed by atoms with Gasteiger partial charge in [-0.2, -0.15) is 4.98 Å². The Morgan fingerprint density at radius 3 is 2.51 bits per heavy atom. The zero-order chi connectivity index (χ0) is 33.7. The predicted molar refractivity (Wildman–Crippen MR) is 172 cm³/mol. The predicted octanol–water partition coefficient (Wildman–Crippen LogP) is 5.71. The van der Waals surface area contributed by atoms with Gasteiger partial charge in [-0.1, -0.05) is 19.1 Å². The molecule has 16 heteroatoms. The molecule has 4 aromatic rings. The highest BCUT2D eigenvalue weighted by molar-refractivity contribution is 7.91. The number of sulfone groups is 1. The number of ether oxygens (including phenoxy) is 1. The number of nitrogens with zero attached hydrogens (tertiary/aromatic N) is 4. The van der Waals surface area contributed by atoms with E-state index >= 15 is 0 Å². The molecule has 0 amide bonds. The summed E-state index contributed by atoms with van der Waals surface area (Å²) in [7, 11) is -3.41. The first-order valence-electron chi connectivity index (χ1n) is 15.3. The van der Waals surface area contributed by atoms with Gasteiger partial charge < -0.3 is 25.6 Å². The number of benzene rings is 1. The molecule has 0 spiro atoms. The zero-order valence-corrected chi connectivity index (χ0v) is 27.5. The van der Waals surface area contributed by atoms with E-state index in [1.54, 1.807) is 27.0 Å². The molecule has 4 atom stereocenters. The Labute approximate surface area is 273 Å². The molecular formula is C31H35F3N6O5S2. The smallest absolute Gasteiger partial charge is 0.406 e. The van der Waals surface area contributed by atoms with Crippen LogP contribution in [0.1, 0.15) is 68.4 Å². The highest BCUT2D eigenvalue weighted by Gasteiger charge is 2.48. The number of aromatic nitrogens is 4. The summed E-state index contributed by atoms with van der Waals surface area (Å²) in [6, 6.07) is 6.86. The number of nitrogens with one attached hydrogen (secondary N) is 2. The Kier molecular flexibility index (Phi) is 8.82. The second-order valence-corrected chi connectivity index (χ2v) is 15.6. The van der Waals surface area contributed by atoms with E-state index in [2.05, 4.69) is 25.3 Å². The first-order valence-corrected chi connectivity index (χ1v) is 17.9. The van der Waals surface area contributed by atoms with Gasteiger partial charge in [-0.05, 0) is 63.3 Å². The van der Waals surface area contributed by atoms with Crippen molar-refractivity contribution in [2.24, 2.45) is 5.92 Å². The molecule has 252 valence electrons. The lowest BCUT2D eigenvalue weighted by Gasteiger charge is -2.31. The monoisotopic (exact) mass is 692 g/mol. The maximum atomic E-state index is 12.6. The fourth-order valence-electron chi connectivity index (χ4n) is 5.92. The highest BCUT2D eigenvalue weighted by Crippen LogP contribution is 2.45. The van der Waals surface area contributed by atoms with E-state index in [9.17, 15) is 31.8 Å². The molecule has 0 aliphatic heterocycles. The molecule has 2 aliphatic carbocycles. The molecule has 4 N–H and O–H groups in total. The highest BCUT2D eigenvalue weighted by atomic mass is 32.2. The number of halogens is 3. The van der Waals surface area contributed by atoms with Crippen molar-refractivity contribution in [2.45, 2.75) is 76.6 Å². The Bertz CT molecular complexity index is 1890. The zero-order valence-electron chi connectivity index (χ0n) is 25.9. The van der Waals surface area contributed by atoms with Crippen LogP contribution < -0.4 is 15.4 Å². The lowest BCUT2D eigenvalue weighted by molar-refractivity contribution is -0.274. The fraction of sp³-hybridized carbons (Fsp3) is 0.484. The maximum absolute atomic E-state index is 12.6. The van der Waals surface area contributed by atoms with E-state index in [0.717, 1.165) is 28.8 Å². The third-order valence-corrected chi connectivity index (χ3v) is 11.5. The van der Waals surface area contributed by atoms with Crippen molar-refractivity contribution < 1.29 is 36.5 Å². The topological polar surface area (TPSA) is 159 Å². The summed E-state index contributed by atoms with van der Waals surface area (Å²) >= 11 is 1.42. The number of anilines is 2. The minimum atomic E-state index is -4.80. The van der Waals surface area contributed by atoms with Gasteiger partial charge in [-0.15, -0.1) is 24.5 Å². The number of hydrogen-bond donors (Lipinski definition) is 4. The second-order valence-electron chi connectivity index (χ2n) is 12.2. The summed E-state index contributed by atoms with van der Waals surface area (Å²) in [6.45, 7) is 5.09. The van der Waals surface area contributed by atoms with Crippen molar-refractivity contribution in [3.63, 3.8) is 0 Å². The Morgan fingerprint density at radius 2 is 1.85 bits per heavy atom. The quantitative estimate of drug-likeness (QED) is 0.143. The van der Waals surface area contributed by atoms with Gasteiger partial charge >= 0.3 is 6.36 Å². The Balaban J connectivity index is 1.35. The van der Waals surface area contributed by atoms with Crippen molar-refractivity contribution in [1.29, 1.82) is 0 Å². The SMILES string of the molecule is CCS(=O)(=O)C[C@H]1CC[C@](O)(Nc2nc(N[C@H](C)c3ccc(OC(F)(F)F)cc3)nc(C)c2-c2nc3c(C4CC4)nccc3s2)[C@@H]1O. The van der Waals surface area contributed by atoms with E-state index in [1.165, 1.54) is 35.6 Å². The van der Waals surface area contributed by atoms with Crippen LogP contribution in [0.2, 0.25) is 0 Å². The molecule has 0 radical (unpaired) electrons. The molecule has 3 heterocycles. The van der Waals surface area contributed by atoms with E-state index in [4.69, 9.17) is 9.97 Å². The van der Waals surface area contributed by atoms with Gasteiger partial charge in [0, 0.05) is 23.8 Å². The number of alkyl halides is 3. The number of aryl methyl sites for hydroxylation is 1. The minimum Gasteiger partial charge on any atom is -0.406 e. The lowest BCUT2D eigenvalue weighted by Crippen LogP contribution is -2.48. The summed E-state index contributed by atoms with van der Waals surface area (Å²) < 4.78 is 67.5. The number of hydrogen-bond acceptors (Lipinski definition) is 12. The lowest BCUT2D eigenvalue weighted by atomic mass is 10.0. The van der Waals surface area contributed by atoms with Gasteiger partial charge in [-0.25, -0.2) is 18.4 Å². The number of thiazole rings is 1. The molecule has 0 saturated heterocycles. The van der Waals surface area contributed by atoms with E-state index < -0.39 is 40.0 Å². The molecule has 3 aromatic heterocycles. The van der Waals surface area contributed by atoms with Gasteiger partial charge in [0.25, 0.3) is 0 Å². The molecule has 2 fully saturated rings. The van der Waals surface area contributed by atoms with Crippen LogP contribution in [0.5, 0.6) is 5.75 Å². The van der Waals surface area contributed by atoms with Crippen molar-refractivity contribution in [3.05, 3.63) is 53.5 Å². The van der Waals surface area contributed by atoms with Crippen LogP contribution in [-0.2, 0) is 9.84 Å². The van der Waals surface area contributed by atoms with Gasteiger partial charge in [0.1, 0.15) is 38.0 Å². The van der Waals surface area contributed by atoms with Crippen LogP contribution in [0.25, 0.3) is 20.8 Å². The summed E-state index contributed by atoms with van der Waals surface area (Å²) in [5, 5.41) is 29.7. The summed E-state index contributed by atoms with van der Waals surface area (Å²) in [5.41, 5.74) is 1.48. The molecule has 47 heavy (non-hydrogen) atoms. The molecular weight excluding hydrogens is 658 g/mol. The normalized spacial score (nSPS) is 22.4. The van der Waals surface area contributed by atoms with E-state index in [-0.39, 0.29) is 41.9 Å². The van der Waals surface area contributed by atoms with Crippen molar-refractivity contribution in [3.8, 4) is 16.3 Å². The standard InChI is InChI=1S/C31H35F3N6O5S2/c1-4-47(43,44)15-20-11-13-30(42,26(20)41)40-27-23(28-38-25-22(46-28)12-14-35-24(25)19-5-6-19)17(3)37-29(39-27)36-16(2)18-7-9-21(10-8-18)45-31(32,33)34/h7-10,12,14,16,19-20,26,41-42H,4-6,11,13,15H2,1-3H3,(H2,36,37,39,40)/t16-,20-,26-,30-/m1/s1. The van der Waals surface area contributed by atoms with Gasteiger partial charge in [-0.3, -0.25) is 4.98 Å². The molecule has 6 rings (SSSR count). The van der Waals surface area contributed by atoms with E-state index in [1.807, 2.05) is 6.07 Å². The molecule has 2 saturated carbocycles. The van der Waals surface area contributed by atoms with Crippen LogP contribution in [0.15, 0.2) is 36.5 Å². The van der Waals surface area contributed by atoms with Crippen LogP contribution in [0.3, 0.4) is 0 Å². The number of pyridine rings is 1. The first kappa shape index (κ1) is 33.3. The number of aliphatic hydroxyl groups excluding tert-OH is 1. The Hall–Kier alpha value is -3.60. The fourth-order valence-corrected chi connectivity index (χ4v) is 8.22. The van der Waals surface area contributed by atoms with Crippen LogP contribution in [0.4, 0.5) is 24.9 Å². The van der Waals surface area contributed by atoms with Crippen molar-refractivity contribution >= 4 is 43.2 Å². The number of fused-ring (bicyclic) bond motifs is 1. The third-order valence-electron chi connectivity index (χ3n) is 8.64. The number of aliphatic hydroxyl groups is 2. The van der Waals surface area contributed by atoms with Crippen molar-refractivity contribution in [2.75, 3.05) is 22.1 Å². The van der Waals surface area contributed by atoms with Crippen LogP contribution in [-0.4, -0.2) is 68.3 Å². The van der Waals surface area contributed by atoms with Gasteiger partial charge in [0.2, 0.25) is 5.95 Å². The second kappa shape index (κ2) is 12.5. The first-order chi connectivity index (χ1) is 22.1. The average molecular weight is 693 g/mol. The van der Waals surface area contributed by atoms with E-state index in [0.29, 0.717) is 27.7 Å². The maximum Gasteiger partial charge on any atom is 0.573 e. The molecule has 0 unspecified atom stereocenters. The summed E-state index contributed by atoms with van der Waals surface area (Å²) in [4.78, 5) is 18.9. The summed E-state index contributed by atoms with van der Waals surface area (Å²) in [5.74, 6) is -0.660. The Morgan fingerprint density at radius 1 is 1.13 bits per heavy atom. The van der Waals surface area contributed by atoms with Gasteiger partial charge in [0.15, 0.2) is 5.72 Å². The third kappa shape index (κ3) is 7.29.